The van der Waals surface area contributed by atoms with Crippen LogP contribution in [0.2, 0.25) is 0 Å². The first-order valence-corrected chi connectivity index (χ1v) is 26.5. The summed E-state index contributed by atoms with van der Waals surface area (Å²) >= 11 is 5.23. The van der Waals surface area contributed by atoms with E-state index in [4.69, 9.17) is 68.5 Å². The van der Waals surface area contributed by atoms with Crippen molar-refractivity contribution in [1.82, 2.24) is 73.3 Å². The van der Waals surface area contributed by atoms with Crippen LogP contribution in [-0.4, -0.2) is 213 Å². The lowest BCUT2D eigenvalue weighted by Gasteiger charge is -2.33. The first-order chi connectivity index (χ1) is 38.1. The third-order valence-electron chi connectivity index (χ3n) is 13.2. The summed E-state index contributed by atoms with van der Waals surface area (Å²) in [5.41, 5.74) is 25.3. The summed E-state index contributed by atoms with van der Waals surface area (Å²) in [5, 5.41) is 32.9. The van der Waals surface area contributed by atoms with E-state index in [0.29, 0.717) is 22.3 Å². The van der Waals surface area contributed by atoms with Crippen molar-refractivity contribution in [2.75, 3.05) is 88.6 Å². The molecule has 15 N–H and O–H groups in total. The van der Waals surface area contributed by atoms with Crippen LogP contribution in [0.4, 0.5) is 23.3 Å². The maximum absolute atomic E-state index is 12.9. The molecule has 4 saturated heterocycles. The van der Waals surface area contributed by atoms with Crippen LogP contribution in [0.5, 0.6) is 0 Å². The Morgan fingerprint density at radius 2 is 1.31 bits per heavy atom. The second kappa shape index (κ2) is 23.1. The summed E-state index contributed by atoms with van der Waals surface area (Å²) in [5.74, 6) is -2.37. The van der Waals surface area contributed by atoms with Crippen molar-refractivity contribution in [3.63, 3.8) is 0 Å². The zero-order valence-electron chi connectivity index (χ0n) is 41.8. The predicted molar refractivity (Wildman–Crippen MR) is 274 cm³/mol. The SMILES string of the molecule is NCCN(CC(=O)NCCN(CC(=O)O)C(=O)Cn1cnc2c(N)ncnc21)C(=O)Cn1cnc2c(N)ncnc21.Nc1ccn([C@@H]2O[C@@]3(COP(O)(=S)O[C@@H]4C5OC[C@]4(CO)O[C@H]5n4ccc(N)nc4=O)COC2[C@H]3O)c(=O)n1. The van der Waals surface area contributed by atoms with Gasteiger partial charge in [-0.2, -0.15) is 9.97 Å². The van der Waals surface area contributed by atoms with Crippen LogP contribution < -0.4 is 45.4 Å². The maximum atomic E-state index is 12.9. The van der Waals surface area contributed by atoms with E-state index in [2.05, 4.69) is 45.2 Å². The minimum Gasteiger partial charge on any atom is -0.480 e. The van der Waals surface area contributed by atoms with Gasteiger partial charge in [0.05, 0.1) is 45.6 Å². The molecule has 10 rings (SSSR count). The highest BCUT2D eigenvalue weighted by molar-refractivity contribution is 8.07. The van der Waals surface area contributed by atoms with Gasteiger partial charge in [0.1, 0.15) is 90.6 Å². The molecular formula is C42H53N20O16PS. The number of aromatic nitrogens is 12. The summed E-state index contributed by atoms with van der Waals surface area (Å²) < 4.78 is 39.8. The van der Waals surface area contributed by atoms with E-state index in [1.165, 1.54) is 63.9 Å². The number of carboxylic acids is 1. The number of fused-ring (bicyclic) bond motifs is 6. The summed E-state index contributed by atoms with van der Waals surface area (Å²) in [7, 11) is 0. The molecule has 36 nitrogen and oxygen atoms in total. The lowest BCUT2D eigenvalue weighted by Crippen LogP contribution is -2.46. The quantitative estimate of drug-likeness (QED) is 0.0300. The van der Waals surface area contributed by atoms with Crippen LogP contribution in [0.1, 0.15) is 12.5 Å². The number of imidazole rings is 2. The van der Waals surface area contributed by atoms with Gasteiger partial charge in [-0.15, -0.1) is 0 Å². The number of nitrogens with one attached hydrogen (secondary N) is 1. The van der Waals surface area contributed by atoms with Gasteiger partial charge in [-0.3, -0.25) is 32.8 Å². The molecule has 9 atom stereocenters. The van der Waals surface area contributed by atoms with Crippen molar-refractivity contribution in [3.05, 3.63) is 70.8 Å². The zero-order chi connectivity index (χ0) is 57.3. The zero-order valence-corrected chi connectivity index (χ0v) is 43.5. The number of rotatable bonds is 21. The fourth-order valence-electron chi connectivity index (χ4n) is 9.22. The molecule has 0 saturated carbocycles. The van der Waals surface area contributed by atoms with Gasteiger partial charge in [-0.1, -0.05) is 0 Å². The second-order valence-electron chi connectivity index (χ2n) is 18.4. The molecule has 3 amide bonds. The Bertz CT molecular complexity index is 3500. The van der Waals surface area contributed by atoms with Crippen molar-refractivity contribution in [1.29, 1.82) is 0 Å². The van der Waals surface area contributed by atoms with E-state index >= 15 is 0 Å². The number of ether oxygens (including phenoxy) is 4. The van der Waals surface area contributed by atoms with Crippen LogP contribution in [0.15, 0.2) is 59.4 Å². The molecule has 6 aromatic heterocycles. The lowest BCUT2D eigenvalue weighted by molar-refractivity contribution is -0.188. The highest BCUT2D eigenvalue weighted by Crippen LogP contribution is 2.56. The molecule has 4 aliphatic heterocycles. The Hall–Kier alpha value is -7.81. The number of carbonyl (C=O) groups is 4. The molecule has 6 aromatic rings. The highest BCUT2D eigenvalue weighted by Gasteiger charge is 2.65. The first kappa shape index (κ1) is 56.9. The molecular weight excluding hydrogens is 1100 g/mol. The topological polar surface area (TPSA) is 510 Å². The minimum absolute atomic E-state index is 0.0119. The van der Waals surface area contributed by atoms with E-state index in [1.807, 2.05) is 0 Å². The van der Waals surface area contributed by atoms with Gasteiger partial charge < -0.3 is 96.6 Å². The van der Waals surface area contributed by atoms with Gasteiger partial charge in [-0.05, 0) is 23.9 Å². The summed E-state index contributed by atoms with van der Waals surface area (Å²) in [6, 6.07) is 2.79. The van der Waals surface area contributed by atoms with Gasteiger partial charge in [0.2, 0.25) is 17.7 Å². The number of hydrogen-bond acceptors (Lipinski definition) is 28. The largest absolute Gasteiger partial charge is 0.480 e. The Morgan fingerprint density at radius 3 is 1.85 bits per heavy atom. The standard InChI is InChI=1S/C22H28N14O5.C20H25N6O11PS/c23-1-3-33(14(38)6-35-11-31-17-19(24)27-9-29-21(17)35)5-13(37)26-2-4-34(8-16(40)41)15(39)7-36-12-32-18-20(25)28-10-30-22(18)36;21-9-1-3-25(17(29)23-9)15-11-13(28)20(36-15,7-32-11)8-34-38(31,39)37-14-12-16(35-19(14,5-27)6-33-12)26-4-2-10(22)24-18(26)30/h9-12H,1-8,23H2,(H,26,37)(H,40,41)(H2,24,27,29)(H2,25,28,30);1-4,11-16,27-28H,5-8H2,(H,31,39)(H2,21,23,29)(H2,22,24,30)/t;11?,12?,13-,14-,15-,16-,19+,20-,38?/m.1/s1. The number of carboxylic acid groups (broad SMARTS) is 1. The number of aliphatic carboxylic acids is 1. The Balaban J connectivity index is 0.000000194. The fourth-order valence-corrected chi connectivity index (χ4v) is 10.7. The van der Waals surface area contributed by atoms with E-state index in [0.717, 1.165) is 14.0 Å². The van der Waals surface area contributed by atoms with E-state index < -0.39 is 110 Å². The van der Waals surface area contributed by atoms with Crippen molar-refractivity contribution in [2.45, 2.75) is 61.2 Å². The first-order valence-electron chi connectivity index (χ1n) is 23.9. The number of hydrogen-bond donors (Lipinski definition) is 10. The molecule has 80 heavy (non-hydrogen) atoms. The van der Waals surface area contributed by atoms with Gasteiger partial charge >= 0.3 is 24.1 Å². The number of nitrogens with zero attached hydrogens (tertiary/aromatic N) is 14. The van der Waals surface area contributed by atoms with Gasteiger partial charge in [0.25, 0.3) is 0 Å². The minimum atomic E-state index is -4.10. The van der Waals surface area contributed by atoms with Crippen LogP contribution >= 0.6 is 6.72 Å². The van der Waals surface area contributed by atoms with E-state index in [9.17, 15) is 49.0 Å². The van der Waals surface area contributed by atoms with Gasteiger partial charge in [0, 0.05) is 38.6 Å². The number of nitrogens with two attached hydrogens (primary N) is 5. The Labute approximate surface area is 453 Å². The van der Waals surface area contributed by atoms with Crippen LogP contribution in [-0.2, 0) is 72.1 Å². The molecule has 0 aromatic carbocycles. The van der Waals surface area contributed by atoms with Crippen molar-refractivity contribution >= 4 is 87.8 Å². The Kier molecular flexibility index (Phi) is 16.4. The average molecular weight is 1160 g/mol. The number of amides is 3. The average Bonchev–Trinajstić information content (AvgIpc) is 4.42. The van der Waals surface area contributed by atoms with Gasteiger partial charge in [0.15, 0.2) is 35.4 Å². The third-order valence-corrected chi connectivity index (χ3v) is 14.7. The number of carbonyl (C=O) groups excluding carboxylic acids is 3. The smallest absolute Gasteiger partial charge is 0.351 e. The summed E-state index contributed by atoms with van der Waals surface area (Å²) in [6.07, 6.45) is 1.62. The number of aliphatic hydroxyl groups is 2. The van der Waals surface area contributed by atoms with Crippen LogP contribution in [0.25, 0.3) is 22.3 Å². The van der Waals surface area contributed by atoms with Gasteiger partial charge in [-0.25, -0.2) is 39.5 Å². The van der Waals surface area contributed by atoms with Crippen molar-refractivity contribution in [2.24, 2.45) is 5.73 Å². The normalized spacial score (nSPS) is 24.4. The number of anilines is 4. The molecule has 3 unspecified atom stereocenters. The monoisotopic (exact) mass is 1160 g/mol. The summed E-state index contributed by atoms with van der Waals surface area (Å²) in [4.78, 5) is 119. The lowest BCUT2D eigenvalue weighted by atomic mass is 10.0. The number of aliphatic hydroxyl groups excluding tert-OH is 2. The molecule has 0 radical (unpaired) electrons. The van der Waals surface area contributed by atoms with Crippen molar-refractivity contribution < 1.29 is 67.4 Å². The maximum Gasteiger partial charge on any atom is 0.351 e. The second-order valence-corrected chi connectivity index (χ2v) is 21.2. The molecule has 0 spiro atoms. The molecule has 38 heteroatoms. The molecule has 4 aliphatic rings. The van der Waals surface area contributed by atoms with Crippen molar-refractivity contribution in [3.8, 4) is 0 Å². The summed E-state index contributed by atoms with van der Waals surface area (Å²) in [6.45, 7) is -6.63. The third kappa shape index (κ3) is 11.6. The molecule has 10 heterocycles. The molecule has 428 valence electrons. The molecule has 4 bridgehead atoms. The number of nitrogen functional groups attached to an aromatic ring is 4. The highest BCUT2D eigenvalue weighted by atomic mass is 32.5. The fraction of sp³-hybridized carbons (Fsp3) is 0.476. The van der Waals surface area contributed by atoms with Crippen LogP contribution in [0, 0.1) is 0 Å². The van der Waals surface area contributed by atoms with Crippen LogP contribution in [0.3, 0.4) is 0 Å². The molecule has 4 fully saturated rings. The Morgan fingerprint density at radius 1 is 0.787 bits per heavy atom. The molecule has 0 aliphatic carbocycles. The predicted octanol–water partition coefficient (Wildman–Crippen LogP) is -6.38. The van der Waals surface area contributed by atoms with E-state index in [-0.39, 0.29) is 82.3 Å². The van der Waals surface area contributed by atoms with E-state index in [1.54, 1.807) is 0 Å².